The van der Waals surface area contributed by atoms with E-state index < -0.39 is 0 Å². The Bertz CT molecular complexity index is 751. The molecule has 1 amide bonds. The number of benzene rings is 1. The van der Waals surface area contributed by atoms with E-state index in [2.05, 4.69) is 27.1 Å². The van der Waals surface area contributed by atoms with E-state index in [4.69, 9.17) is 16.3 Å². The smallest absolute Gasteiger partial charge is 0.258 e. The van der Waals surface area contributed by atoms with Crippen molar-refractivity contribution in [3.63, 3.8) is 0 Å². The molecule has 1 N–H and O–H groups in total. The highest BCUT2D eigenvalue weighted by molar-refractivity contribution is 6.31. The Kier molecular flexibility index (Phi) is 5.38. The molecule has 1 aliphatic rings. The number of methoxy groups -OCH3 is 1. The third-order valence-corrected chi connectivity index (χ3v) is 4.49. The average Bonchev–Trinajstić information content (AvgIpc) is 2.62. The van der Waals surface area contributed by atoms with Crippen LogP contribution in [0.25, 0.3) is 0 Å². The van der Waals surface area contributed by atoms with Gasteiger partial charge in [-0.25, -0.2) is 9.97 Å². The number of carbonyl (C=O) groups excluding carboxylic acids is 1. The molecule has 1 fully saturated rings. The number of carbonyl (C=O) groups is 1. The topological polar surface area (TPSA) is 67.3 Å². The van der Waals surface area contributed by atoms with Gasteiger partial charge in [0.2, 0.25) is 5.95 Å². The van der Waals surface area contributed by atoms with Crippen LogP contribution in [-0.2, 0) is 0 Å². The van der Waals surface area contributed by atoms with Crippen LogP contribution in [0.2, 0.25) is 5.02 Å². The minimum Gasteiger partial charge on any atom is -0.495 e. The van der Waals surface area contributed by atoms with E-state index >= 15 is 0 Å². The highest BCUT2D eigenvalue weighted by Crippen LogP contribution is 2.28. The summed E-state index contributed by atoms with van der Waals surface area (Å²) in [6.45, 7) is 4.13. The second kappa shape index (κ2) is 7.70. The van der Waals surface area contributed by atoms with E-state index in [0.717, 1.165) is 19.5 Å². The van der Waals surface area contributed by atoms with E-state index in [1.165, 1.54) is 13.5 Å². The lowest BCUT2D eigenvalue weighted by Gasteiger charge is -2.30. The van der Waals surface area contributed by atoms with Crippen LogP contribution in [0.15, 0.2) is 30.6 Å². The number of halogens is 1. The molecule has 7 heteroatoms. The Hall–Kier alpha value is -2.34. The molecule has 25 heavy (non-hydrogen) atoms. The summed E-state index contributed by atoms with van der Waals surface area (Å²) in [7, 11) is 1.54. The first-order valence-corrected chi connectivity index (χ1v) is 8.66. The number of nitrogens with zero attached hydrogens (tertiary/aromatic N) is 3. The predicted octanol–water partition coefficient (Wildman–Crippen LogP) is 3.63. The first-order valence-electron chi connectivity index (χ1n) is 8.28. The standard InChI is InChI=1S/C18H21ClN4O2/c1-12-4-3-7-23(11-12)18-20-9-13(10-21-18)17(24)22-15-8-14(19)5-6-16(15)25-2/h5-6,8-10,12H,3-4,7,11H2,1-2H3,(H,22,24). The number of nitrogens with one attached hydrogen (secondary N) is 1. The Morgan fingerprint density at radius 2 is 2.12 bits per heavy atom. The van der Waals surface area contributed by atoms with Crippen LogP contribution in [0.1, 0.15) is 30.1 Å². The first-order chi connectivity index (χ1) is 12.1. The number of anilines is 2. The number of amides is 1. The molecule has 1 aromatic carbocycles. The van der Waals surface area contributed by atoms with Crippen LogP contribution in [-0.4, -0.2) is 36.1 Å². The molecule has 0 spiro atoms. The molecule has 1 aliphatic heterocycles. The summed E-state index contributed by atoms with van der Waals surface area (Å²) in [4.78, 5) is 23.3. The van der Waals surface area contributed by atoms with Gasteiger partial charge in [0, 0.05) is 30.5 Å². The summed E-state index contributed by atoms with van der Waals surface area (Å²) in [5.41, 5.74) is 0.893. The van der Waals surface area contributed by atoms with Gasteiger partial charge in [0.25, 0.3) is 5.91 Å². The molecule has 1 atom stereocenters. The fraction of sp³-hybridized carbons (Fsp3) is 0.389. The molecule has 1 saturated heterocycles. The van der Waals surface area contributed by atoms with Crippen LogP contribution in [0.5, 0.6) is 5.75 Å². The van der Waals surface area contributed by atoms with Gasteiger partial charge in [-0.05, 0) is 37.0 Å². The van der Waals surface area contributed by atoms with Crippen molar-refractivity contribution < 1.29 is 9.53 Å². The second-order valence-corrected chi connectivity index (χ2v) is 6.70. The molecule has 0 bridgehead atoms. The van der Waals surface area contributed by atoms with Crippen LogP contribution >= 0.6 is 11.6 Å². The van der Waals surface area contributed by atoms with Crippen LogP contribution in [0.4, 0.5) is 11.6 Å². The second-order valence-electron chi connectivity index (χ2n) is 6.26. The van der Waals surface area contributed by atoms with Gasteiger partial charge in [-0.1, -0.05) is 18.5 Å². The van der Waals surface area contributed by atoms with Crippen molar-refractivity contribution in [2.45, 2.75) is 19.8 Å². The fourth-order valence-electron chi connectivity index (χ4n) is 2.95. The number of ether oxygens (including phenoxy) is 1. The minimum atomic E-state index is -0.306. The fourth-order valence-corrected chi connectivity index (χ4v) is 3.12. The average molecular weight is 361 g/mol. The lowest BCUT2D eigenvalue weighted by molar-refractivity contribution is 0.102. The summed E-state index contributed by atoms with van der Waals surface area (Å²) in [5.74, 6) is 1.54. The SMILES string of the molecule is COc1ccc(Cl)cc1NC(=O)c1cnc(N2CCCC(C)C2)nc1. The summed E-state index contributed by atoms with van der Waals surface area (Å²) < 4.78 is 5.23. The highest BCUT2D eigenvalue weighted by atomic mass is 35.5. The molecular weight excluding hydrogens is 340 g/mol. The van der Waals surface area contributed by atoms with Crippen LogP contribution in [0, 0.1) is 5.92 Å². The third-order valence-electron chi connectivity index (χ3n) is 4.25. The maximum Gasteiger partial charge on any atom is 0.258 e. The molecule has 1 aromatic heterocycles. The van der Waals surface area contributed by atoms with Gasteiger partial charge in [0.15, 0.2) is 0 Å². The van der Waals surface area contributed by atoms with Gasteiger partial charge >= 0.3 is 0 Å². The largest absolute Gasteiger partial charge is 0.495 e. The van der Waals surface area contributed by atoms with Crippen LogP contribution < -0.4 is 15.0 Å². The molecule has 0 saturated carbocycles. The third kappa shape index (κ3) is 4.20. The van der Waals surface area contributed by atoms with Gasteiger partial charge < -0.3 is 15.0 Å². The number of piperidine rings is 1. The zero-order valence-electron chi connectivity index (χ0n) is 14.3. The van der Waals surface area contributed by atoms with Crippen LogP contribution in [0.3, 0.4) is 0 Å². The molecule has 1 unspecified atom stereocenters. The van der Waals surface area contributed by atoms with E-state index in [9.17, 15) is 4.79 Å². The Balaban J connectivity index is 1.72. The molecule has 132 valence electrons. The molecule has 3 rings (SSSR count). The van der Waals surface area contributed by atoms with Crippen molar-refractivity contribution in [3.05, 3.63) is 41.2 Å². The molecule has 6 nitrogen and oxygen atoms in total. The number of hydrogen-bond donors (Lipinski definition) is 1. The van der Waals surface area contributed by atoms with Gasteiger partial charge in [0.05, 0.1) is 18.4 Å². The lowest BCUT2D eigenvalue weighted by atomic mass is 10.0. The van der Waals surface area contributed by atoms with E-state index in [0.29, 0.717) is 33.9 Å². The normalized spacial score (nSPS) is 17.2. The van der Waals surface area contributed by atoms with Gasteiger partial charge in [-0.2, -0.15) is 0 Å². The lowest BCUT2D eigenvalue weighted by Crippen LogP contribution is -2.35. The van der Waals surface area contributed by atoms with Crippen molar-refractivity contribution in [2.24, 2.45) is 5.92 Å². The minimum absolute atomic E-state index is 0.306. The monoisotopic (exact) mass is 360 g/mol. The maximum absolute atomic E-state index is 12.4. The molecule has 2 aromatic rings. The number of hydrogen-bond acceptors (Lipinski definition) is 5. The van der Waals surface area contributed by atoms with Gasteiger partial charge in [0.1, 0.15) is 5.75 Å². The van der Waals surface area contributed by atoms with Crippen molar-refractivity contribution in [2.75, 3.05) is 30.4 Å². The molecule has 0 radical (unpaired) electrons. The first kappa shape index (κ1) is 17.5. The number of rotatable bonds is 4. The summed E-state index contributed by atoms with van der Waals surface area (Å²) in [6.07, 6.45) is 5.47. The summed E-state index contributed by atoms with van der Waals surface area (Å²) >= 11 is 5.98. The maximum atomic E-state index is 12.4. The Morgan fingerprint density at radius 1 is 1.36 bits per heavy atom. The van der Waals surface area contributed by atoms with E-state index in [1.807, 2.05) is 0 Å². The van der Waals surface area contributed by atoms with Gasteiger partial charge in [-0.3, -0.25) is 4.79 Å². The van der Waals surface area contributed by atoms with Gasteiger partial charge in [-0.15, -0.1) is 0 Å². The van der Waals surface area contributed by atoms with E-state index in [-0.39, 0.29) is 5.91 Å². The predicted molar refractivity (Wildman–Crippen MR) is 98.6 cm³/mol. The zero-order valence-corrected chi connectivity index (χ0v) is 15.1. The Labute approximate surface area is 152 Å². The molecular formula is C18H21ClN4O2. The summed E-state index contributed by atoms with van der Waals surface area (Å²) in [5, 5.41) is 3.30. The van der Waals surface area contributed by atoms with Crippen molar-refractivity contribution >= 4 is 29.1 Å². The number of aromatic nitrogens is 2. The quantitative estimate of drug-likeness (QED) is 0.901. The van der Waals surface area contributed by atoms with E-state index in [1.54, 1.807) is 30.6 Å². The van der Waals surface area contributed by atoms with Crippen molar-refractivity contribution in [3.8, 4) is 5.75 Å². The van der Waals surface area contributed by atoms with Crippen molar-refractivity contribution in [1.82, 2.24) is 9.97 Å². The molecule has 0 aliphatic carbocycles. The zero-order chi connectivity index (χ0) is 17.8. The summed E-state index contributed by atoms with van der Waals surface area (Å²) in [6, 6.07) is 5.05. The Morgan fingerprint density at radius 3 is 2.80 bits per heavy atom. The molecule has 2 heterocycles. The highest BCUT2D eigenvalue weighted by Gasteiger charge is 2.19. The van der Waals surface area contributed by atoms with Crippen molar-refractivity contribution in [1.29, 1.82) is 0 Å².